The number of aromatic nitrogens is 2. The van der Waals surface area contributed by atoms with Gasteiger partial charge in [-0.1, -0.05) is 177 Å². The maximum absolute atomic E-state index is 10.9. The van der Waals surface area contributed by atoms with Gasteiger partial charge in [-0.2, -0.15) is 0 Å². The number of para-hydroxylation sites is 4. The van der Waals surface area contributed by atoms with Crippen LogP contribution in [0.2, 0.25) is 0 Å². The SMILES string of the molecule is CC(=Nc1ccccc1C(C)C)c1cccc(C(C)=Nc2ccccc2C(C)C)n1.CC(=Nc1ccccc1C(C)C)c1cccc(C(C)=Nc2ccccc2C(C)C)n1.[Co].[Co].[O-]c1cc2ccccc2cc1[O-]. The van der Waals surface area contributed by atoms with Crippen molar-refractivity contribution >= 4 is 56.4 Å². The van der Waals surface area contributed by atoms with Crippen molar-refractivity contribution in [2.24, 2.45) is 20.0 Å². The molecule has 0 bridgehead atoms. The van der Waals surface area contributed by atoms with E-state index in [9.17, 15) is 10.2 Å². The van der Waals surface area contributed by atoms with Gasteiger partial charge < -0.3 is 10.2 Å². The zero-order chi connectivity index (χ0) is 51.9. The second-order valence-electron chi connectivity index (χ2n) is 19.1. The van der Waals surface area contributed by atoms with E-state index in [0.717, 1.165) is 79.1 Å². The van der Waals surface area contributed by atoms with Gasteiger partial charge in [-0.15, -0.1) is 11.5 Å². The summed E-state index contributed by atoms with van der Waals surface area (Å²) in [5, 5.41) is 23.5. The Kier molecular flexibility index (Phi) is 23.1. The van der Waals surface area contributed by atoms with Crippen molar-refractivity contribution in [3.8, 4) is 11.5 Å². The fourth-order valence-corrected chi connectivity index (χ4v) is 8.14. The van der Waals surface area contributed by atoms with E-state index in [4.69, 9.17) is 29.9 Å². The molecule has 6 aromatic carbocycles. The predicted molar refractivity (Wildman–Crippen MR) is 301 cm³/mol. The van der Waals surface area contributed by atoms with E-state index in [-0.39, 0.29) is 33.6 Å². The zero-order valence-electron chi connectivity index (χ0n) is 44.6. The maximum Gasteiger partial charge on any atom is 0.0849 e. The van der Waals surface area contributed by atoms with Crippen molar-refractivity contribution in [1.82, 2.24) is 9.97 Å². The third-order valence-corrected chi connectivity index (χ3v) is 12.2. The van der Waals surface area contributed by atoms with Crippen LogP contribution in [-0.4, -0.2) is 32.8 Å². The summed E-state index contributed by atoms with van der Waals surface area (Å²) in [7, 11) is 0. The molecule has 2 aromatic heterocycles. The van der Waals surface area contributed by atoms with Crippen molar-refractivity contribution in [3.05, 3.63) is 215 Å². The first kappa shape index (κ1) is 59.7. The molecule has 0 aliphatic rings. The van der Waals surface area contributed by atoms with Gasteiger partial charge in [0.1, 0.15) is 0 Å². The van der Waals surface area contributed by atoms with Crippen LogP contribution >= 0.6 is 0 Å². The van der Waals surface area contributed by atoms with Gasteiger partial charge in [-0.25, -0.2) is 9.97 Å². The van der Waals surface area contributed by atoms with E-state index >= 15 is 0 Å². The number of pyridine rings is 2. The van der Waals surface area contributed by atoms with Gasteiger partial charge in [0.2, 0.25) is 0 Å². The Bertz CT molecular complexity index is 2860. The van der Waals surface area contributed by atoms with E-state index in [1.54, 1.807) is 0 Å². The van der Waals surface area contributed by atoms with Gasteiger partial charge in [-0.3, -0.25) is 20.0 Å². The first-order valence-electron chi connectivity index (χ1n) is 24.9. The summed E-state index contributed by atoms with van der Waals surface area (Å²) in [6, 6.07) is 55.4. The number of hydrogen-bond acceptors (Lipinski definition) is 8. The van der Waals surface area contributed by atoms with Crippen LogP contribution in [0.1, 0.15) is 152 Å². The minimum atomic E-state index is -0.436. The summed E-state index contributed by atoms with van der Waals surface area (Å²) < 4.78 is 0. The Labute approximate surface area is 460 Å². The molecular formula is C64H68Co2N6O2-2. The third-order valence-electron chi connectivity index (χ3n) is 12.2. The van der Waals surface area contributed by atoms with Crippen molar-refractivity contribution in [1.29, 1.82) is 0 Å². The quantitative estimate of drug-likeness (QED) is 0.113. The molecule has 0 saturated heterocycles. The number of hydrogen-bond donors (Lipinski definition) is 0. The first-order valence-corrected chi connectivity index (χ1v) is 24.9. The molecular weight excluding hydrogens is 1000 g/mol. The third kappa shape index (κ3) is 16.3. The normalized spacial score (nSPS) is 11.9. The molecule has 0 N–H and O–H groups in total. The second kappa shape index (κ2) is 28.6. The van der Waals surface area contributed by atoms with Crippen LogP contribution in [0.25, 0.3) is 10.8 Å². The molecule has 2 heterocycles. The molecule has 0 aliphatic carbocycles. The summed E-state index contributed by atoms with van der Waals surface area (Å²) in [5.41, 5.74) is 16.1. The summed E-state index contributed by atoms with van der Waals surface area (Å²) in [6.07, 6.45) is 0. The molecule has 8 aromatic rings. The molecule has 0 unspecified atom stereocenters. The fraction of sp³-hybridized carbons (Fsp3) is 0.250. The molecule has 8 nitrogen and oxygen atoms in total. The molecule has 0 aliphatic heterocycles. The summed E-state index contributed by atoms with van der Waals surface area (Å²) >= 11 is 0. The van der Waals surface area contributed by atoms with E-state index in [1.165, 1.54) is 34.4 Å². The van der Waals surface area contributed by atoms with Gasteiger partial charge in [0, 0.05) is 33.6 Å². The zero-order valence-corrected chi connectivity index (χ0v) is 46.7. The van der Waals surface area contributed by atoms with Crippen molar-refractivity contribution in [2.45, 2.75) is 107 Å². The van der Waals surface area contributed by atoms with E-state index in [1.807, 2.05) is 113 Å². The number of aliphatic imine (C=N–C) groups is 4. The van der Waals surface area contributed by atoms with Crippen molar-refractivity contribution in [2.75, 3.05) is 0 Å². The molecule has 0 fully saturated rings. The molecule has 10 heteroatoms. The number of rotatable bonds is 12. The Morgan fingerprint density at radius 3 is 0.770 bits per heavy atom. The Morgan fingerprint density at radius 1 is 0.324 bits per heavy atom. The van der Waals surface area contributed by atoms with E-state index in [2.05, 4.69) is 128 Å². The van der Waals surface area contributed by atoms with Gasteiger partial charge >= 0.3 is 0 Å². The van der Waals surface area contributed by atoms with Crippen molar-refractivity contribution < 1.29 is 43.8 Å². The number of benzene rings is 6. The molecule has 8 rings (SSSR count). The Balaban J connectivity index is 0.000000256. The minimum Gasteiger partial charge on any atom is -0.873 e. The molecule has 74 heavy (non-hydrogen) atoms. The minimum absolute atomic E-state index is 0. The van der Waals surface area contributed by atoms with Crippen LogP contribution in [0, 0.1) is 0 Å². The average Bonchev–Trinajstić information content (AvgIpc) is 3.37. The van der Waals surface area contributed by atoms with Gasteiger partial charge in [0.15, 0.2) is 0 Å². The summed E-state index contributed by atoms with van der Waals surface area (Å²) in [5.74, 6) is 0.821. The molecule has 0 amide bonds. The van der Waals surface area contributed by atoms with E-state index < -0.39 is 11.5 Å². The molecule has 2 radical (unpaired) electrons. The van der Waals surface area contributed by atoms with E-state index in [0.29, 0.717) is 23.7 Å². The van der Waals surface area contributed by atoms with Crippen molar-refractivity contribution in [3.63, 3.8) is 0 Å². The standard InChI is InChI=1S/2C27H31N3.C10H8O2.2Co/c2*1-18(2)22-12-7-9-14-26(22)28-20(5)24-16-11-17-25(30-24)21(6)29-27-15-10-8-13-23(27)19(3)4;11-9-5-7-3-1-2-4-8(7)6-10(9)12;;/h2*7-19H,1-6H3;1-6,11-12H;;/p-2. The average molecular weight is 1070 g/mol. The van der Waals surface area contributed by atoms with Crippen LogP contribution in [0.3, 0.4) is 0 Å². The second-order valence-corrected chi connectivity index (χ2v) is 19.1. The van der Waals surface area contributed by atoms with Crippen LogP contribution < -0.4 is 10.2 Å². The van der Waals surface area contributed by atoms with Crippen LogP contribution in [0.15, 0.2) is 190 Å². The van der Waals surface area contributed by atoms with Gasteiger partial charge in [0.05, 0.1) is 68.4 Å². The Hall–Kier alpha value is -6.83. The van der Waals surface area contributed by atoms with Crippen LogP contribution in [0.5, 0.6) is 11.5 Å². The summed E-state index contributed by atoms with van der Waals surface area (Å²) in [4.78, 5) is 29.3. The monoisotopic (exact) mass is 1070 g/mol. The van der Waals surface area contributed by atoms with Gasteiger partial charge in [0.25, 0.3) is 0 Å². The largest absolute Gasteiger partial charge is 0.873 e. The number of fused-ring (bicyclic) bond motifs is 1. The smallest absolute Gasteiger partial charge is 0.0849 e. The van der Waals surface area contributed by atoms with Crippen LogP contribution in [0.4, 0.5) is 22.7 Å². The Morgan fingerprint density at radius 2 is 0.541 bits per heavy atom. The molecule has 0 atom stereocenters. The molecule has 0 saturated carbocycles. The first-order chi connectivity index (χ1) is 34.5. The molecule has 386 valence electrons. The maximum atomic E-state index is 10.9. The fourth-order valence-electron chi connectivity index (χ4n) is 8.14. The topological polar surface area (TPSA) is 121 Å². The molecule has 0 spiro atoms. The number of nitrogens with zero attached hydrogens (tertiary/aromatic N) is 6. The predicted octanol–water partition coefficient (Wildman–Crippen LogP) is 16.2. The summed E-state index contributed by atoms with van der Waals surface area (Å²) in [6.45, 7) is 25.6. The van der Waals surface area contributed by atoms with Crippen LogP contribution in [-0.2, 0) is 33.6 Å². The van der Waals surface area contributed by atoms with Gasteiger partial charge in [-0.05, 0) is 133 Å².